The number of ether oxygens (including phenoxy) is 2. The third-order valence-corrected chi connectivity index (χ3v) is 3.96. The van der Waals surface area contributed by atoms with Gasteiger partial charge in [-0.1, -0.05) is 17.3 Å². The van der Waals surface area contributed by atoms with E-state index in [1.165, 1.54) is 20.0 Å². The van der Waals surface area contributed by atoms with Crippen LogP contribution in [-0.4, -0.2) is 32.7 Å². The van der Waals surface area contributed by atoms with E-state index >= 15 is 0 Å². The van der Waals surface area contributed by atoms with Crippen molar-refractivity contribution < 1.29 is 19.1 Å². The number of fused-ring (bicyclic) bond motifs is 1. The number of carbonyl (C=O) groups excluding carboxylic acids is 2. The van der Waals surface area contributed by atoms with Gasteiger partial charge in [0.2, 0.25) is 0 Å². The van der Waals surface area contributed by atoms with E-state index in [-0.39, 0.29) is 5.57 Å². The van der Waals surface area contributed by atoms with E-state index in [0.717, 1.165) is 16.7 Å². The number of nitrogens with zero attached hydrogens (tertiary/aromatic N) is 3. The molecule has 1 saturated heterocycles. The highest BCUT2D eigenvalue weighted by Crippen LogP contribution is 2.23. The van der Waals surface area contributed by atoms with Crippen LogP contribution in [0.4, 0.5) is 5.69 Å². The lowest BCUT2D eigenvalue weighted by atomic mass is 10.2. The number of nitrogens with one attached hydrogen (secondary N) is 1. The van der Waals surface area contributed by atoms with Gasteiger partial charge in [0.1, 0.15) is 5.52 Å². The number of anilines is 1. The summed E-state index contributed by atoms with van der Waals surface area (Å²) in [4.78, 5) is 23.9. The lowest BCUT2D eigenvalue weighted by Gasteiger charge is -2.29. The fourth-order valence-corrected chi connectivity index (χ4v) is 2.69. The van der Waals surface area contributed by atoms with Gasteiger partial charge in [-0.05, 0) is 36.4 Å². The average molecular weight is 364 g/mol. The minimum Gasteiger partial charge on any atom is -0.419 e. The first-order valence-corrected chi connectivity index (χ1v) is 8.27. The van der Waals surface area contributed by atoms with Crippen LogP contribution in [0.15, 0.2) is 60.3 Å². The molecule has 2 aromatic carbocycles. The number of cyclic esters (lactones) is 2. The number of hydrogen-bond donors (Lipinski definition) is 1. The Morgan fingerprint density at radius 3 is 2.37 bits per heavy atom. The van der Waals surface area contributed by atoms with Gasteiger partial charge in [0.05, 0.1) is 11.2 Å². The van der Waals surface area contributed by atoms with Crippen LogP contribution in [-0.2, 0) is 19.1 Å². The van der Waals surface area contributed by atoms with Crippen molar-refractivity contribution in [1.29, 1.82) is 0 Å². The van der Waals surface area contributed by atoms with Gasteiger partial charge in [-0.15, -0.1) is 5.10 Å². The topological polar surface area (TPSA) is 95.3 Å². The van der Waals surface area contributed by atoms with Gasteiger partial charge in [0, 0.05) is 25.7 Å². The molecule has 0 atom stereocenters. The molecule has 0 bridgehead atoms. The van der Waals surface area contributed by atoms with Crippen molar-refractivity contribution in [2.75, 3.05) is 5.32 Å². The molecule has 0 unspecified atom stereocenters. The third kappa shape index (κ3) is 3.24. The molecule has 1 aromatic heterocycles. The summed E-state index contributed by atoms with van der Waals surface area (Å²) in [6.45, 7) is 3.00. The largest absolute Gasteiger partial charge is 0.419 e. The number of esters is 2. The minimum atomic E-state index is -1.26. The number of aromatic nitrogens is 3. The molecule has 2 heterocycles. The van der Waals surface area contributed by atoms with Crippen molar-refractivity contribution in [3.8, 4) is 5.69 Å². The fourth-order valence-electron chi connectivity index (χ4n) is 2.69. The first-order valence-electron chi connectivity index (χ1n) is 8.27. The van der Waals surface area contributed by atoms with E-state index in [0.29, 0.717) is 5.69 Å². The lowest BCUT2D eigenvalue weighted by Crippen LogP contribution is -2.42. The molecule has 0 radical (unpaired) electrons. The zero-order valence-corrected chi connectivity index (χ0v) is 14.7. The van der Waals surface area contributed by atoms with Crippen molar-refractivity contribution in [3.63, 3.8) is 0 Å². The summed E-state index contributed by atoms with van der Waals surface area (Å²) in [6.07, 6.45) is 1.28. The van der Waals surface area contributed by atoms with E-state index in [4.69, 9.17) is 9.47 Å². The Morgan fingerprint density at radius 1 is 1.00 bits per heavy atom. The van der Waals surface area contributed by atoms with Crippen LogP contribution < -0.4 is 5.32 Å². The zero-order valence-electron chi connectivity index (χ0n) is 14.7. The normalized spacial score (nSPS) is 16.0. The van der Waals surface area contributed by atoms with Crippen LogP contribution in [0.1, 0.15) is 13.8 Å². The van der Waals surface area contributed by atoms with Crippen LogP contribution in [0.5, 0.6) is 0 Å². The quantitative estimate of drug-likeness (QED) is 0.433. The van der Waals surface area contributed by atoms with E-state index < -0.39 is 17.7 Å². The van der Waals surface area contributed by atoms with Crippen molar-refractivity contribution >= 4 is 28.7 Å². The molecule has 8 nitrogen and oxygen atoms in total. The molecule has 0 amide bonds. The van der Waals surface area contributed by atoms with Gasteiger partial charge in [-0.3, -0.25) is 0 Å². The number of rotatable bonds is 3. The Kier molecular flexibility index (Phi) is 3.88. The molecule has 1 fully saturated rings. The maximum Gasteiger partial charge on any atom is 0.350 e. The predicted molar refractivity (Wildman–Crippen MR) is 96.8 cm³/mol. The summed E-state index contributed by atoms with van der Waals surface area (Å²) >= 11 is 0. The van der Waals surface area contributed by atoms with Crippen molar-refractivity contribution in [1.82, 2.24) is 15.0 Å². The molecule has 8 heteroatoms. The van der Waals surface area contributed by atoms with Crippen molar-refractivity contribution in [2.24, 2.45) is 0 Å². The summed E-state index contributed by atoms with van der Waals surface area (Å²) in [5.74, 6) is -2.71. The summed E-state index contributed by atoms with van der Waals surface area (Å²) in [5.41, 5.74) is 3.03. The maximum absolute atomic E-state index is 11.9. The molecule has 1 aliphatic heterocycles. The Morgan fingerprint density at radius 2 is 1.67 bits per heavy atom. The standard InChI is InChI=1S/C19H16N4O4/c1-19(2)26-17(24)14(18(25)27-19)11-20-12-7-9-13(10-8-12)23-16-6-4-3-5-15(16)21-22-23/h3-11,20H,1-2H3. The van der Waals surface area contributed by atoms with E-state index in [1.54, 1.807) is 16.8 Å². The van der Waals surface area contributed by atoms with Gasteiger partial charge >= 0.3 is 11.9 Å². The Bertz CT molecular complexity index is 1040. The van der Waals surface area contributed by atoms with Crippen molar-refractivity contribution in [2.45, 2.75) is 19.6 Å². The van der Waals surface area contributed by atoms with E-state index in [2.05, 4.69) is 15.6 Å². The molecule has 1 aliphatic rings. The maximum atomic E-state index is 11.9. The molecular weight excluding hydrogens is 348 g/mol. The molecule has 4 rings (SSSR count). The van der Waals surface area contributed by atoms with Crippen LogP contribution >= 0.6 is 0 Å². The smallest absolute Gasteiger partial charge is 0.350 e. The second kappa shape index (κ2) is 6.24. The molecule has 0 aliphatic carbocycles. The molecular formula is C19H16N4O4. The highest BCUT2D eigenvalue weighted by atomic mass is 16.7. The number of para-hydroxylation sites is 1. The summed E-state index contributed by atoms with van der Waals surface area (Å²) in [5, 5.41) is 11.2. The van der Waals surface area contributed by atoms with Gasteiger partial charge in [0.25, 0.3) is 5.79 Å². The number of hydrogen-bond acceptors (Lipinski definition) is 7. The first-order chi connectivity index (χ1) is 12.9. The summed E-state index contributed by atoms with van der Waals surface area (Å²) in [7, 11) is 0. The molecule has 0 spiro atoms. The highest BCUT2D eigenvalue weighted by Gasteiger charge is 2.38. The monoisotopic (exact) mass is 364 g/mol. The first kappa shape index (κ1) is 16.8. The second-order valence-electron chi connectivity index (χ2n) is 6.42. The van der Waals surface area contributed by atoms with Crippen LogP contribution in [0, 0.1) is 0 Å². The minimum absolute atomic E-state index is 0.194. The Hall–Kier alpha value is -3.68. The second-order valence-corrected chi connectivity index (χ2v) is 6.42. The molecule has 0 saturated carbocycles. The SMILES string of the molecule is CC1(C)OC(=O)C(=CNc2ccc(-n3nnc4ccccc43)cc2)C(=O)O1. The Balaban J connectivity index is 1.53. The zero-order chi connectivity index (χ0) is 19.0. The summed E-state index contributed by atoms with van der Waals surface area (Å²) < 4.78 is 11.8. The third-order valence-electron chi connectivity index (χ3n) is 3.96. The highest BCUT2D eigenvalue weighted by molar-refractivity contribution is 6.15. The lowest BCUT2D eigenvalue weighted by molar-refractivity contribution is -0.222. The van der Waals surface area contributed by atoms with Gasteiger partial charge in [0.15, 0.2) is 5.57 Å². The van der Waals surface area contributed by atoms with Crippen molar-refractivity contribution in [3.05, 3.63) is 60.3 Å². The average Bonchev–Trinajstić information content (AvgIpc) is 3.05. The van der Waals surface area contributed by atoms with Gasteiger partial charge in [-0.25, -0.2) is 14.3 Å². The number of carbonyl (C=O) groups is 2. The van der Waals surface area contributed by atoms with Crippen LogP contribution in [0.2, 0.25) is 0 Å². The van der Waals surface area contributed by atoms with E-state index in [1.807, 2.05) is 36.4 Å². The van der Waals surface area contributed by atoms with Gasteiger partial charge in [-0.2, -0.15) is 0 Å². The Labute approximate surface area is 154 Å². The molecule has 136 valence electrons. The molecule has 1 N–H and O–H groups in total. The summed E-state index contributed by atoms with van der Waals surface area (Å²) in [6, 6.07) is 15.0. The van der Waals surface area contributed by atoms with Crippen LogP contribution in [0.3, 0.4) is 0 Å². The number of benzene rings is 2. The van der Waals surface area contributed by atoms with Crippen LogP contribution in [0.25, 0.3) is 16.7 Å². The molecule has 3 aromatic rings. The van der Waals surface area contributed by atoms with E-state index in [9.17, 15) is 9.59 Å². The van der Waals surface area contributed by atoms with Gasteiger partial charge < -0.3 is 14.8 Å². The fraction of sp³-hybridized carbons (Fsp3) is 0.158. The molecule has 27 heavy (non-hydrogen) atoms. The predicted octanol–water partition coefficient (Wildman–Crippen LogP) is 2.55.